The Morgan fingerprint density at radius 1 is 1.19 bits per heavy atom. The van der Waals surface area contributed by atoms with E-state index in [9.17, 15) is 0 Å². The monoisotopic (exact) mass is 486 g/mol. The topological polar surface area (TPSA) is 71.7 Å². The number of nitrogens with zero attached hydrogens (tertiary/aromatic N) is 2. The first-order valence-electron chi connectivity index (χ1n) is 9.15. The van der Waals surface area contributed by atoms with E-state index in [0.717, 1.165) is 49.0 Å². The van der Waals surface area contributed by atoms with Gasteiger partial charge >= 0.3 is 0 Å². The molecular weight excluding hydrogens is 455 g/mol. The lowest BCUT2D eigenvalue weighted by molar-refractivity contribution is 0.372. The summed E-state index contributed by atoms with van der Waals surface area (Å²) in [6.07, 6.45) is 3.26. The zero-order valence-corrected chi connectivity index (χ0v) is 18.9. The molecule has 6 nitrogen and oxygen atoms in total. The molecule has 0 aliphatic rings. The predicted octanol–water partition coefficient (Wildman–Crippen LogP) is 4.11. The van der Waals surface area contributed by atoms with Crippen molar-refractivity contribution in [2.45, 2.75) is 45.6 Å². The van der Waals surface area contributed by atoms with Gasteiger partial charge in [0.15, 0.2) is 11.7 Å². The van der Waals surface area contributed by atoms with Crippen LogP contribution in [0.3, 0.4) is 0 Å². The van der Waals surface area contributed by atoms with Gasteiger partial charge in [-0.25, -0.2) is 0 Å². The van der Waals surface area contributed by atoms with E-state index in [2.05, 4.69) is 46.8 Å². The van der Waals surface area contributed by atoms with Crippen LogP contribution in [0, 0.1) is 0 Å². The van der Waals surface area contributed by atoms with Crippen LogP contribution in [0.25, 0.3) is 0 Å². The van der Waals surface area contributed by atoms with Crippen LogP contribution in [-0.4, -0.2) is 31.8 Å². The second kappa shape index (κ2) is 12.6. The minimum absolute atomic E-state index is 0. The molecule has 2 rings (SSSR count). The van der Waals surface area contributed by atoms with Gasteiger partial charge in [-0.3, -0.25) is 4.99 Å². The quantitative estimate of drug-likeness (QED) is 0.242. The third-order valence-corrected chi connectivity index (χ3v) is 4.17. The number of hydrogen-bond acceptors (Lipinski definition) is 4. The van der Waals surface area contributed by atoms with Crippen molar-refractivity contribution in [3.05, 3.63) is 47.3 Å². The number of nitrogens with one attached hydrogen (secondary N) is 2. The van der Waals surface area contributed by atoms with Crippen molar-refractivity contribution in [1.82, 2.24) is 15.8 Å². The number of aryl methyl sites for hydroxylation is 1. The first-order valence-corrected chi connectivity index (χ1v) is 9.15. The molecule has 27 heavy (non-hydrogen) atoms. The Balaban J connectivity index is 0.00000364. The molecule has 0 radical (unpaired) electrons. The number of benzene rings is 1. The van der Waals surface area contributed by atoms with E-state index in [0.29, 0.717) is 12.5 Å². The minimum atomic E-state index is 0. The SMILES string of the molecule is CN=C(NCCCCc1ccc(OC)cc1)NCc1cc(C(C)C)no1.I. The third kappa shape index (κ3) is 8.19. The van der Waals surface area contributed by atoms with Crippen molar-refractivity contribution in [3.63, 3.8) is 0 Å². The summed E-state index contributed by atoms with van der Waals surface area (Å²) in [5.41, 5.74) is 2.31. The molecule has 0 aliphatic heterocycles. The summed E-state index contributed by atoms with van der Waals surface area (Å²) in [7, 11) is 3.46. The molecule has 0 atom stereocenters. The number of aliphatic imine (C=N–C) groups is 1. The van der Waals surface area contributed by atoms with Crippen molar-refractivity contribution < 1.29 is 9.26 Å². The lowest BCUT2D eigenvalue weighted by atomic mass is 10.1. The Morgan fingerprint density at radius 3 is 2.52 bits per heavy atom. The Kier molecular flexibility index (Phi) is 10.8. The predicted molar refractivity (Wildman–Crippen MR) is 120 cm³/mol. The lowest BCUT2D eigenvalue weighted by Gasteiger charge is -2.10. The van der Waals surface area contributed by atoms with E-state index >= 15 is 0 Å². The van der Waals surface area contributed by atoms with Gasteiger partial charge in [0.1, 0.15) is 5.75 Å². The normalized spacial score (nSPS) is 11.2. The Labute approximate surface area is 179 Å². The van der Waals surface area contributed by atoms with Gasteiger partial charge in [-0.1, -0.05) is 31.1 Å². The average molecular weight is 486 g/mol. The fourth-order valence-corrected chi connectivity index (χ4v) is 2.53. The van der Waals surface area contributed by atoms with Crippen molar-refractivity contribution >= 4 is 29.9 Å². The summed E-state index contributed by atoms with van der Waals surface area (Å²) in [6, 6.07) is 10.2. The van der Waals surface area contributed by atoms with Crippen LogP contribution >= 0.6 is 24.0 Å². The maximum absolute atomic E-state index is 5.33. The van der Waals surface area contributed by atoms with Crippen LogP contribution in [0.2, 0.25) is 0 Å². The highest BCUT2D eigenvalue weighted by atomic mass is 127. The molecular formula is C20H31IN4O2. The molecule has 1 aromatic heterocycles. The average Bonchev–Trinajstić information content (AvgIpc) is 3.14. The third-order valence-electron chi connectivity index (χ3n) is 4.17. The number of aromatic nitrogens is 1. The number of methoxy groups -OCH3 is 1. The van der Waals surface area contributed by atoms with Gasteiger partial charge in [0, 0.05) is 19.7 Å². The van der Waals surface area contributed by atoms with Gasteiger partial charge in [0.2, 0.25) is 0 Å². The van der Waals surface area contributed by atoms with Gasteiger partial charge in [0.05, 0.1) is 19.3 Å². The second-order valence-corrected chi connectivity index (χ2v) is 6.53. The standard InChI is InChI=1S/C20H30N4O2.HI/c1-15(2)19-13-18(26-24-19)14-23-20(21-3)22-12-6-5-7-16-8-10-17(25-4)11-9-16;/h8-11,13,15H,5-7,12,14H2,1-4H3,(H2,21,22,23);1H. The molecule has 0 bridgehead atoms. The van der Waals surface area contributed by atoms with Gasteiger partial charge in [-0.15, -0.1) is 24.0 Å². The number of unbranched alkanes of at least 4 members (excludes halogenated alkanes) is 1. The summed E-state index contributed by atoms with van der Waals surface area (Å²) in [4.78, 5) is 4.24. The Bertz CT molecular complexity index is 684. The summed E-state index contributed by atoms with van der Waals surface area (Å²) in [6.45, 7) is 5.65. The molecule has 7 heteroatoms. The molecule has 0 amide bonds. The molecule has 1 aromatic carbocycles. The smallest absolute Gasteiger partial charge is 0.191 e. The van der Waals surface area contributed by atoms with E-state index in [-0.39, 0.29) is 24.0 Å². The molecule has 150 valence electrons. The van der Waals surface area contributed by atoms with Crippen LogP contribution in [-0.2, 0) is 13.0 Å². The summed E-state index contributed by atoms with van der Waals surface area (Å²) >= 11 is 0. The Hall–Kier alpha value is -1.77. The van der Waals surface area contributed by atoms with Crippen LogP contribution in [0.1, 0.15) is 49.6 Å². The summed E-state index contributed by atoms with van der Waals surface area (Å²) < 4.78 is 10.5. The van der Waals surface area contributed by atoms with Crippen molar-refractivity contribution in [2.75, 3.05) is 20.7 Å². The van der Waals surface area contributed by atoms with Crippen molar-refractivity contribution in [1.29, 1.82) is 0 Å². The number of ether oxygens (including phenoxy) is 1. The van der Waals surface area contributed by atoms with Gasteiger partial charge in [0.25, 0.3) is 0 Å². The molecule has 0 saturated heterocycles. The van der Waals surface area contributed by atoms with E-state index in [4.69, 9.17) is 9.26 Å². The van der Waals surface area contributed by atoms with Gasteiger partial charge in [-0.05, 0) is 42.9 Å². The lowest BCUT2D eigenvalue weighted by Crippen LogP contribution is -2.37. The summed E-state index contributed by atoms with van der Waals surface area (Å²) in [5, 5.41) is 10.6. The maximum atomic E-state index is 5.33. The highest BCUT2D eigenvalue weighted by Gasteiger charge is 2.08. The first-order chi connectivity index (χ1) is 12.6. The number of guanidine groups is 1. The maximum Gasteiger partial charge on any atom is 0.191 e. The molecule has 0 spiro atoms. The highest BCUT2D eigenvalue weighted by molar-refractivity contribution is 14.0. The van der Waals surface area contributed by atoms with Crippen LogP contribution < -0.4 is 15.4 Å². The molecule has 2 N–H and O–H groups in total. The zero-order chi connectivity index (χ0) is 18.8. The summed E-state index contributed by atoms with van der Waals surface area (Å²) in [5.74, 6) is 2.86. The largest absolute Gasteiger partial charge is 0.497 e. The van der Waals surface area contributed by atoms with Crippen molar-refractivity contribution in [2.24, 2.45) is 4.99 Å². The fraction of sp³-hybridized carbons (Fsp3) is 0.500. The number of rotatable bonds is 9. The van der Waals surface area contributed by atoms with Crippen LogP contribution in [0.15, 0.2) is 39.8 Å². The van der Waals surface area contributed by atoms with E-state index < -0.39 is 0 Å². The van der Waals surface area contributed by atoms with E-state index in [1.807, 2.05) is 18.2 Å². The molecule has 0 unspecified atom stereocenters. The first kappa shape index (κ1) is 23.3. The fourth-order valence-electron chi connectivity index (χ4n) is 2.53. The van der Waals surface area contributed by atoms with Gasteiger partial charge < -0.3 is 19.9 Å². The molecule has 0 fully saturated rings. The van der Waals surface area contributed by atoms with E-state index in [1.165, 1.54) is 5.56 Å². The van der Waals surface area contributed by atoms with Crippen molar-refractivity contribution in [3.8, 4) is 5.75 Å². The number of halogens is 1. The second-order valence-electron chi connectivity index (χ2n) is 6.53. The van der Waals surface area contributed by atoms with Crippen LogP contribution in [0.4, 0.5) is 0 Å². The molecule has 2 aromatic rings. The molecule has 0 aliphatic carbocycles. The number of hydrogen-bond donors (Lipinski definition) is 2. The van der Waals surface area contributed by atoms with E-state index in [1.54, 1.807) is 14.2 Å². The van der Waals surface area contributed by atoms with Crippen LogP contribution in [0.5, 0.6) is 5.75 Å². The minimum Gasteiger partial charge on any atom is -0.497 e. The van der Waals surface area contributed by atoms with Gasteiger partial charge in [-0.2, -0.15) is 0 Å². The Morgan fingerprint density at radius 2 is 1.93 bits per heavy atom. The highest BCUT2D eigenvalue weighted by Crippen LogP contribution is 2.14. The molecule has 0 saturated carbocycles. The zero-order valence-electron chi connectivity index (χ0n) is 16.6. The molecule has 1 heterocycles.